The van der Waals surface area contributed by atoms with Crippen LogP contribution in [0.4, 0.5) is 5.69 Å². The predicted octanol–water partition coefficient (Wildman–Crippen LogP) is 2.83. The van der Waals surface area contributed by atoms with Crippen LogP contribution in [0, 0.1) is 10.1 Å². The lowest BCUT2D eigenvalue weighted by molar-refractivity contribution is -0.383. The van der Waals surface area contributed by atoms with Gasteiger partial charge in [-0.05, 0) is 23.7 Å². The Hall–Kier alpha value is -2.86. The summed E-state index contributed by atoms with van der Waals surface area (Å²) in [6, 6.07) is 6.22. The molecule has 8 heteroatoms. The molecule has 96 valence electrons. The molecule has 1 aromatic carbocycles. The lowest BCUT2D eigenvalue weighted by atomic mass is 10.2. The van der Waals surface area contributed by atoms with Crippen molar-refractivity contribution in [3.63, 3.8) is 0 Å². The van der Waals surface area contributed by atoms with Gasteiger partial charge in [-0.2, -0.15) is 0 Å². The van der Waals surface area contributed by atoms with Gasteiger partial charge in [0.15, 0.2) is 5.52 Å². The van der Waals surface area contributed by atoms with Crippen molar-refractivity contribution in [1.82, 2.24) is 4.98 Å². The zero-order chi connectivity index (χ0) is 13.7. The summed E-state index contributed by atoms with van der Waals surface area (Å²) in [5.74, 6) is 0.474. The van der Waals surface area contributed by atoms with Gasteiger partial charge in [0, 0.05) is 22.6 Å². The van der Waals surface area contributed by atoms with E-state index in [0.29, 0.717) is 11.1 Å². The monoisotopic (exact) mass is 259 g/mol. The van der Waals surface area contributed by atoms with E-state index in [1.807, 2.05) is 0 Å². The van der Waals surface area contributed by atoms with Crippen molar-refractivity contribution in [3.8, 4) is 5.75 Å². The topological polar surface area (TPSA) is 114 Å². The number of non-ortho nitro benzene ring substituents is 1. The summed E-state index contributed by atoms with van der Waals surface area (Å²) >= 11 is 0. The minimum atomic E-state index is -0.487. The highest BCUT2D eigenvalue weighted by molar-refractivity contribution is 5.91. The van der Waals surface area contributed by atoms with Gasteiger partial charge in [0.25, 0.3) is 5.69 Å². The number of hydrogen-bond acceptors (Lipinski definition) is 5. The Morgan fingerprint density at radius 1 is 1.47 bits per heavy atom. The third-order valence-corrected chi connectivity index (χ3v) is 2.42. The van der Waals surface area contributed by atoms with Crippen molar-refractivity contribution in [2.24, 2.45) is 5.11 Å². The van der Waals surface area contributed by atoms with Gasteiger partial charge in [-0.1, -0.05) is 5.11 Å². The summed E-state index contributed by atoms with van der Waals surface area (Å²) in [4.78, 5) is 17.0. The fraction of sp³-hybridized carbons (Fsp3) is 0.182. The standard InChI is InChI=1S/C11H9N5O3/c12-15-14-6-7-19-10-4-3-9(16(17)18)11-8(10)2-1-5-13-11/h1-5H,6-7H2. The summed E-state index contributed by atoms with van der Waals surface area (Å²) in [5, 5.41) is 14.8. The number of azide groups is 1. The van der Waals surface area contributed by atoms with Crippen LogP contribution in [0.25, 0.3) is 21.3 Å². The highest BCUT2D eigenvalue weighted by Crippen LogP contribution is 2.31. The third-order valence-electron chi connectivity index (χ3n) is 2.42. The van der Waals surface area contributed by atoms with Crippen LogP contribution in [0.15, 0.2) is 35.6 Å². The predicted molar refractivity (Wildman–Crippen MR) is 67.9 cm³/mol. The minimum absolute atomic E-state index is 0.0713. The largest absolute Gasteiger partial charge is 0.493 e. The van der Waals surface area contributed by atoms with Gasteiger partial charge in [-0.25, -0.2) is 4.98 Å². The fourth-order valence-corrected chi connectivity index (χ4v) is 1.65. The molecule has 0 aliphatic carbocycles. The SMILES string of the molecule is [N-]=[N+]=NCCOc1ccc([N+](=O)[O-])c2ncccc12. The molecular weight excluding hydrogens is 250 g/mol. The van der Waals surface area contributed by atoms with Crippen LogP contribution in [-0.2, 0) is 0 Å². The Morgan fingerprint density at radius 3 is 3.05 bits per heavy atom. The minimum Gasteiger partial charge on any atom is -0.493 e. The fourth-order valence-electron chi connectivity index (χ4n) is 1.65. The first kappa shape index (κ1) is 12.6. The Balaban J connectivity index is 2.38. The number of fused-ring (bicyclic) bond motifs is 1. The number of rotatable bonds is 5. The summed E-state index contributed by atoms with van der Waals surface area (Å²) in [6.07, 6.45) is 1.49. The molecule has 0 unspecified atom stereocenters. The molecule has 0 aliphatic heterocycles. The van der Waals surface area contributed by atoms with E-state index in [1.54, 1.807) is 12.1 Å². The number of benzene rings is 1. The molecule has 1 aromatic heterocycles. The average Bonchev–Trinajstić information content (AvgIpc) is 2.43. The molecule has 8 nitrogen and oxygen atoms in total. The van der Waals surface area contributed by atoms with Crippen LogP contribution in [-0.4, -0.2) is 23.1 Å². The molecule has 0 N–H and O–H groups in total. The maximum Gasteiger partial charge on any atom is 0.295 e. The Kier molecular flexibility index (Phi) is 3.75. The van der Waals surface area contributed by atoms with Gasteiger partial charge < -0.3 is 4.74 Å². The molecule has 0 bridgehead atoms. The van der Waals surface area contributed by atoms with Crippen molar-refractivity contribution < 1.29 is 9.66 Å². The molecule has 2 rings (SSSR count). The summed E-state index contributed by atoms with van der Waals surface area (Å²) < 4.78 is 5.43. The van der Waals surface area contributed by atoms with E-state index in [0.717, 1.165) is 0 Å². The van der Waals surface area contributed by atoms with E-state index in [2.05, 4.69) is 15.0 Å². The lowest BCUT2D eigenvalue weighted by Gasteiger charge is -2.07. The molecule has 0 aliphatic rings. The zero-order valence-corrected chi connectivity index (χ0v) is 9.76. The van der Waals surface area contributed by atoms with Crippen molar-refractivity contribution in [3.05, 3.63) is 51.0 Å². The molecule has 0 radical (unpaired) electrons. The van der Waals surface area contributed by atoms with Gasteiger partial charge in [0.1, 0.15) is 5.75 Å². The van der Waals surface area contributed by atoms with Crippen molar-refractivity contribution in [2.75, 3.05) is 13.2 Å². The smallest absolute Gasteiger partial charge is 0.295 e. The lowest BCUT2D eigenvalue weighted by Crippen LogP contribution is -2.01. The number of nitro benzene ring substituents is 1. The normalized spacial score (nSPS) is 9.89. The second-order valence-corrected chi connectivity index (χ2v) is 3.54. The second kappa shape index (κ2) is 5.65. The van der Waals surface area contributed by atoms with Gasteiger partial charge >= 0.3 is 0 Å². The molecule has 0 spiro atoms. The van der Waals surface area contributed by atoms with Crippen LogP contribution >= 0.6 is 0 Å². The molecule has 0 amide bonds. The van der Waals surface area contributed by atoms with E-state index >= 15 is 0 Å². The quantitative estimate of drug-likeness (QED) is 0.205. The van der Waals surface area contributed by atoms with E-state index in [9.17, 15) is 10.1 Å². The molecular formula is C11H9N5O3. The van der Waals surface area contributed by atoms with Crippen LogP contribution in [0.3, 0.4) is 0 Å². The number of aromatic nitrogens is 1. The maximum atomic E-state index is 10.9. The first-order valence-corrected chi connectivity index (χ1v) is 5.40. The van der Waals surface area contributed by atoms with Gasteiger partial charge in [-0.15, -0.1) is 0 Å². The number of hydrogen-bond donors (Lipinski definition) is 0. The van der Waals surface area contributed by atoms with E-state index < -0.39 is 4.92 Å². The highest BCUT2D eigenvalue weighted by atomic mass is 16.6. The Bertz CT molecular complexity index is 666. The van der Waals surface area contributed by atoms with Gasteiger partial charge in [0.2, 0.25) is 0 Å². The van der Waals surface area contributed by atoms with Crippen molar-refractivity contribution in [2.45, 2.75) is 0 Å². The molecule has 0 saturated carbocycles. The molecule has 0 atom stereocenters. The number of nitro groups is 1. The van der Waals surface area contributed by atoms with Crippen molar-refractivity contribution in [1.29, 1.82) is 0 Å². The summed E-state index contributed by atoms with van der Waals surface area (Å²) in [6.45, 7) is 0.390. The van der Waals surface area contributed by atoms with Crippen LogP contribution in [0.2, 0.25) is 0 Å². The van der Waals surface area contributed by atoms with E-state index in [1.165, 1.54) is 18.3 Å². The number of pyridine rings is 1. The molecule has 0 fully saturated rings. The van der Waals surface area contributed by atoms with Gasteiger partial charge in [0.05, 0.1) is 18.1 Å². The molecule has 2 aromatic rings. The molecule has 19 heavy (non-hydrogen) atoms. The summed E-state index contributed by atoms with van der Waals surface area (Å²) in [5.41, 5.74) is 8.35. The maximum absolute atomic E-state index is 10.9. The van der Waals surface area contributed by atoms with Gasteiger partial charge in [-0.3, -0.25) is 10.1 Å². The first-order chi connectivity index (χ1) is 9.24. The first-order valence-electron chi connectivity index (χ1n) is 5.40. The number of ether oxygens (including phenoxy) is 1. The van der Waals surface area contributed by atoms with Crippen LogP contribution < -0.4 is 4.74 Å². The Labute approximate surface area is 107 Å². The Morgan fingerprint density at radius 2 is 2.32 bits per heavy atom. The average molecular weight is 259 g/mol. The second-order valence-electron chi connectivity index (χ2n) is 3.54. The van der Waals surface area contributed by atoms with Crippen LogP contribution in [0.5, 0.6) is 5.75 Å². The molecule has 0 saturated heterocycles. The van der Waals surface area contributed by atoms with Crippen molar-refractivity contribution >= 4 is 16.6 Å². The van der Waals surface area contributed by atoms with Crippen LogP contribution in [0.1, 0.15) is 0 Å². The van der Waals surface area contributed by atoms with E-state index in [-0.39, 0.29) is 24.4 Å². The number of nitrogens with zero attached hydrogens (tertiary/aromatic N) is 5. The molecule has 1 heterocycles. The summed E-state index contributed by atoms with van der Waals surface area (Å²) in [7, 11) is 0. The highest BCUT2D eigenvalue weighted by Gasteiger charge is 2.15. The zero-order valence-electron chi connectivity index (χ0n) is 9.76. The third kappa shape index (κ3) is 2.70. The van der Waals surface area contributed by atoms with E-state index in [4.69, 9.17) is 10.3 Å².